The molecule has 0 spiro atoms. The molecule has 4 N–H and O–H groups in total. The maximum Gasteiger partial charge on any atom is 0.119 e. The lowest BCUT2D eigenvalue weighted by atomic mass is 10.1. The predicted molar refractivity (Wildman–Crippen MR) is 184 cm³/mol. The van der Waals surface area contributed by atoms with Gasteiger partial charge in [-0.15, -0.1) is 12.4 Å². The van der Waals surface area contributed by atoms with Crippen LogP contribution in [0.2, 0.25) is 0 Å². The summed E-state index contributed by atoms with van der Waals surface area (Å²) in [7, 11) is 0. The number of hydrogen-bond donors (Lipinski definition) is 4. The third-order valence-electron chi connectivity index (χ3n) is 7.43. The molecule has 4 rings (SSSR count). The average Bonchev–Trinajstić information content (AvgIpc) is 3.95. The molecule has 0 aliphatic heterocycles. The van der Waals surface area contributed by atoms with Gasteiger partial charge in [0, 0.05) is 38.4 Å². The van der Waals surface area contributed by atoms with E-state index in [9.17, 15) is 10.2 Å². The van der Waals surface area contributed by atoms with E-state index in [1.807, 2.05) is 24.3 Å². The molecule has 0 bridgehead atoms. The third-order valence-corrected chi connectivity index (χ3v) is 7.43. The molecule has 2 fully saturated rings. The van der Waals surface area contributed by atoms with E-state index in [1.54, 1.807) is 0 Å². The van der Waals surface area contributed by atoms with Crippen LogP contribution in [0.15, 0.2) is 48.5 Å². The summed E-state index contributed by atoms with van der Waals surface area (Å²) in [6.07, 6.45) is 6.25. The van der Waals surface area contributed by atoms with Crippen molar-refractivity contribution in [2.24, 2.45) is 11.8 Å². The first-order valence-electron chi connectivity index (χ1n) is 16.7. The number of nitrogens with one attached hydrogen (secondary N) is 2. The molecule has 0 aromatic heterocycles. The molecular weight excluding hydrogens is 592 g/mol. The monoisotopic (exact) mass is 650 g/mol. The minimum Gasteiger partial charge on any atom is -0.491 e. The zero-order chi connectivity index (χ0) is 31.6. The summed E-state index contributed by atoms with van der Waals surface area (Å²) in [5.74, 6) is 3.25. The normalized spacial score (nSPS) is 15.6. The van der Waals surface area contributed by atoms with Crippen molar-refractivity contribution in [3.63, 3.8) is 0 Å². The Morgan fingerprint density at radius 3 is 1.29 bits per heavy atom. The van der Waals surface area contributed by atoms with Gasteiger partial charge in [0.05, 0.1) is 13.2 Å². The van der Waals surface area contributed by atoms with Crippen molar-refractivity contribution in [2.75, 3.05) is 52.7 Å². The van der Waals surface area contributed by atoms with Crippen molar-refractivity contribution in [3.8, 4) is 11.5 Å². The van der Waals surface area contributed by atoms with Gasteiger partial charge in [0.1, 0.15) is 36.9 Å². The topological polar surface area (TPSA) is 101 Å². The van der Waals surface area contributed by atoms with Crippen LogP contribution in [0.5, 0.6) is 11.5 Å². The molecule has 0 radical (unpaired) electrons. The van der Waals surface area contributed by atoms with Crippen LogP contribution >= 0.6 is 12.4 Å². The summed E-state index contributed by atoms with van der Waals surface area (Å²) in [5.41, 5.74) is 2.51. The number of benzene rings is 2. The molecule has 1 unspecified atom stereocenters. The molecule has 2 aliphatic rings. The summed E-state index contributed by atoms with van der Waals surface area (Å²) in [5, 5.41) is 26.0. The Labute approximate surface area is 278 Å². The summed E-state index contributed by atoms with van der Waals surface area (Å²) in [6, 6.07) is 16.8. The van der Waals surface area contributed by atoms with Crippen molar-refractivity contribution in [3.05, 3.63) is 59.7 Å². The SMILES string of the molecule is CC(C)NCC(O)COc1ccc(CCOCC2CC2)cc1.CC(C)NC[C@@H](O)COc1ccc(CCOCC2CC2)cc1.Cl. The second-order valence-corrected chi connectivity index (χ2v) is 12.9. The lowest BCUT2D eigenvalue weighted by molar-refractivity contribution is 0.104. The first-order valence-corrected chi connectivity index (χ1v) is 16.7. The minimum absolute atomic E-state index is 0. The molecule has 2 aromatic carbocycles. The molecule has 2 saturated carbocycles. The highest BCUT2D eigenvalue weighted by Gasteiger charge is 2.21. The van der Waals surface area contributed by atoms with Crippen LogP contribution in [0.1, 0.15) is 64.5 Å². The first-order chi connectivity index (χ1) is 21.3. The second-order valence-electron chi connectivity index (χ2n) is 12.9. The maximum atomic E-state index is 9.80. The number of hydrogen-bond acceptors (Lipinski definition) is 8. The molecule has 45 heavy (non-hydrogen) atoms. The Balaban J connectivity index is 0.000000307. The fraction of sp³-hybridized carbons (Fsp3) is 0.667. The van der Waals surface area contributed by atoms with Gasteiger partial charge < -0.3 is 39.8 Å². The molecule has 8 nitrogen and oxygen atoms in total. The van der Waals surface area contributed by atoms with Crippen LogP contribution in [-0.2, 0) is 22.3 Å². The standard InChI is InChI=1S/2C18H29NO3.ClH/c2*1-14(2)19-11-17(20)13-22-18-7-5-15(6-8-18)9-10-21-12-16-3-4-16;/h2*5-8,14,16-17,19-20H,3-4,9-13H2,1-2H3;1H/t17-;;/m1../s1. The predicted octanol–water partition coefficient (Wildman–Crippen LogP) is 5.21. The van der Waals surface area contributed by atoms with E-state index in [2.05, 4.69) is 62.6 Å². The van der Waals surface area contributed by atoms with Crippen molar-refractivity contribution in [1.82, 2.24) is 10.6 Å². The van der Waals surface area contributed by atoms with Gasteiger partial charge in [-0.3, -0.25) is 0 Å². The molecule has 0 amide bonds. The van der Waals surface area contributed by atoms with Crippen LogP contribution < -0.4 is 20.1 Å². The van der Waals surface area contributed by atoms with Gasteiger partial charge in [0.25, 0.3) is 0 Å². The maximum absolute atomic E-state index is 9.80. The van der Waals surface area contributed by atoms with Gasteiger partial charge in [0.15, 0.2) is 0 Å². The van der Waals surface area contributed by atoms with Crippen LogP contribution in [0.25, 0.3) is 0 Å². The zero-order valence-corrected chi connectivity index (χ0v) is 28.7. The van der Waals surface area contributed by atoms with E-state index >= 15 is 0 Å². The lowest BCUT2D eigenvalue weighted by Gasteiger charge is -2.15. The highest BCUT2D eigenvalue weighted by atomic mass is 35.5. The Hall–Kier alpha value is -1.91. The minimum atomic E-state index is -0.488. The molecule has 256 valence electrons. The Kier molecular flexibility index (Phi) is 19.7. The van der Waals surface area contributed by atoms with Crippen LogP contribution in [0, 0.1) is 11.8 Å². The first kappa shape index (κ1) is 39.3. The van der Waals surface area contributed by atoms with Gasteiger partial charge >= 0.3 is 0 Å². The Bertz CT molecular complexity index is 918. The average molecular weight is 651 g/mol. The van der Waals surface area contributed by atoms with Gasteiger partial charge in [-0.05, 0) is 85.8 Å². The van der Waals surface area contributed by atoms with E-state index in [-0.39, 0.29) is 12.4 Å². The molecule has 0 saturated heterocycles. The lowest BCUT2D eigenvalue weighted by Crippen LogP contribution is -2.35. The Morgan fingerprint density at radius 1 is 0.622 bits per heavy atom. The van der Waals surface area contributed by atoms with Crippen LogP contribution in [-0.4, -0.2) is 87.2 Å². The fourth-order valence-electron chi connectivity index (χ4n) is 4.20. The van der Waals surface area contributed by atoms with Crippen molar-refractivity contribution in [1.29, 1.82) is 0 Å². The number of ether oxygens (including phenoxy) is 4. The summed E-state index contributed by atoms with van der Waals surface area (Å²) >= 11 is 0. The molecular formula is C36H59ClN2O6. The van der Waals surface area contributed by atoms with Gasteiger partial charge in [-0.2, -0.15) is 0 Å². The summed E-state index contributed by atoms with van der Waals surface area (Å²) < 4.78 is 22.5. The second kappa shape index (κ2) is 22.6. The third kappa shape index (κ3) is 20.0. The van der Waals surface area contributed by atoms with E-state index in [0.717, 1.165) is 62.6 Å². The number of aliphatic hydroxyl groups excluding tert-OH is 2. The largest absolute Gasteiger partial charge is 0.491 e. The molecule has 2 aromatic rings. The van der Waals surface area contributed by atoms with Crippen molar-refractivity contribution in [2.45, 2.75) is 90.5 Å². The van der Waals surface area contributed by atoms with Gasteiger partial charge in [0.2, 0.25) is 0 Å². The smallest absolute Gasteiger partial charge is 0.119 e. The van der Waals surface area contributed by atoms with Crippen LogP contribution in [0.4, 0.5) is 0 Å². The zero-order valence-electron chi connectivity index (χ0n) is 27.9. The number of rotatable bonds is 22. The van der Waals surface area contributed by atoms with E-state index in [0.29, 0.717) is 38.4 Å². The molecule has 2 aliphatic carbocycles. The molecule has 0 heterocycles. The molecule has 2 atom stereocenters. The van der Waals surface area contributed by atoms with Gasteiger partial charge in [-0.1, -0.05) is 52.0 Å². The van der Waals surface area contributed by atoms with Crippen molar-refractivity contribution < 1.29 is 29.2 Å². The van der Waals surface area contributed by atoms with Crippen LogP contribution in [0.3, 0.4) is 0 Å². The number of halogens is 1. The quantitative estimate of drug-likeness (QED) is 0.129. The van der Waals surface area contributed by atoms with Crippen molar-refractivity contribution >= 4 is 12.4 Å². The molecule has 9 heteroatoms. The highest BCUT2D eigenvalue weighted by molar-refractivity contribution is 5.85. The highest BCUT2D eigenvalue weighted by Crippen LogP contribution is 2.29. The van der Waals surface area contributed by atoms with Gasteiger partial charge in [-0.25, -0.2) is 0 Å². The summed E-state index contributed by atoms with van der Waals surface area (Å²) in [6.45, 7) is 13.4. The van der Waals surface area contributed by atoms with E-state index in [4.69, 9.17) is 18.9 Å². The van der Waals surface area contributed by atoms with E-state index in [1.165, 1.54) is 36.8 Å². The van der Waals surface area contributed by atoms with E-state index < -0.39 is 12.2 Å². The Morgan fingerprint density at radius 2 is 0.978 bits per heavy atom. The fourth-order valence-corrected chi connectivity index (χ4v) is 4.20. The summed E-state index contributed by atoms with van der Waals surface area (Å²) in [4.78, 5) is 0. The number of aliphatic hydroxyl groups is 2.